The lowest BCUT2D eigenvalue weighted by molar-refractivity contribution is -0.385. The molecule has 0 bridgehead atoms. The summed E-state index contributed by atoms with van der Waals surface area (Å²) in [6.07, 6.45) is 0. The number of carbonyl (C=O) groups excluding carboxylic acids is 1. The number of amides is 1. The van der Waals surface area contributed by atoms with Crippen LogP contribution in [0.3, 0.4) is 0 Å². The van der Waals surface area contributed by atoms with E-state index >= 15 is 0 Å². The molecule has 0 saturated heterocycles. The third kappa shape index (κ3) is 3.70. The van der Waals surface area contributed by atoms with Crippen LogP contribution in [0.15, 0.2) is 36.4 Å². The van der Waals surface area contributed by atoms with Crippen LogP contribution in [0.25, 0.3) is 0 Å². The molecule has 0 heterocycles. The summed E-state index contributed by atoms with van der Waals surface area (Å²) >= 11 is 8.17. The van der Waals surface area contributed by atoms with Crippen molar-refractivity contribution < 1.29 is 9.72 Å². The minimum atomic E-state index is -0.479. The molecule has 0 radical (unpaired) electrons. The van der Waals surface area contributed by atoms with E-state index in [-0.39, 0.29) is 11.6 Å². The van der Waals surface area contributed by atoms with Gasteiger partial charge in [0.25, 0.3) is 11.6 Å². The van der Waals surface area contributed by atoms with Gasteiger partial charge in [-0.2, -0.15) is 0 Å². The van der Waals surface area contributed by atoms with E-state index in [0.29, 0.717) is 21.8 Å². The van der Waals surface area contributed by atoms with Gasteiger partial charge in [0.1, 0.15) is 0 Å². The molecule has 2 aromatic carbocycles. The molecule has 21 heavy (non-hydrogen) atoms. The molecule has 1 amide bonds. The van der Waals surface area contributed by atoms with Crippen molar-refractivity contribution in [1.82, 2.24) is 0 Å². The fourth-order valence-electron chi connectivity index (χ4n) is 1.79. The average molecular weight is 417 g/mol. The first-order chi connectivity index (χ1) is 9.88. The van der Waals surface area contributed by atoms with Crippen molar-refractivity contribution >= 4 is 51.5 Å². The molecule has 2 rings (SSSR count). The van der Waals surface area contributed by atoms with Crippen LogP contribution >= 0.6 is 34.2 Å². The van der Waals surface area contributed by atoms with E-state index < -0.39 is 4.92 Å². The number of carbonyl (C=O) groups is 1. The molecular weight excluding hydrogens is 407 g/mol. The van der Waals surface area contributed by atoms with Gasteiger partial charge in [-0.3, -0.25) is 14.9 Å². The lowest BCUT2D eigenvalue weighted by Gasteiger charge is -2.08. The standard InChI is InChI=1S/C14H10ClIN2O3/c1-8-6-9(2-5-13(8)18(20)21)14(19)17-12-4-3-10(16)7-11(12)15/h2-7H,1H3,(H,17,19). The molecular formula is C14H10ClIN2O3. The molecule has 0 saturated carbocycles. The van der Waals surface area contributed by atoms with Gasteiger partial charge in [-0.15, -0.1) is 0 Å². The first-order valence-corrected chi connectivity index (χ1v) is 7.35. The van der Waals surface area contributed by atoms with Gasteiger partial charge in [0, 0.05) is 20.8 Å². The van der Waals surface area contributed by atoms with E-state index in [1.807, 2.05) is 6.07 Å². The van der Waals surface area contributed by atoms with E-state index in [1.165, 1.54) is 18.2 Å². The third-order valence-corrected chi connectivity index (χ3v) is 3.82. The van der Waals surface area contributed by atoms with Crippen molar-refractivity contribution in [2.45, 2.75) is 6.92 Å². The second-order valence-electron chi connectivity index (χ2n) is 4.34. The SMILES string of the molecule is Cc1cc(C(=O)Nc2ccc(I)cc2Cl)ccc1[N+](=O)[O-]. The highest BCUT2D eigenvalue weighted by atomic mass is 127. The van der Waals surface area contributed by atoms with E-state index in [0.717, 1.165) is 3.57 Å². The number of hydrogen-bond donors (Lipinski definition) is 1. The lowest BCUT2D eigenvalue weighted by atomic mass is 10.1. The quantitative estimate of drug-likeness (QED) is 0.457. The Morgan fingerprint density at radius 3 is 2.57 bits per heavy atom. The van der Waals surface area contributed by atoms with Gasteiger partial charge in [-0.05, 0) is 59.8 Å². The largest absolute Gasteiger partial charge is 0.321 e. The number of benzene rings is 2. The third-order valence-electron chi connectivity index (χ3n) is 2.84. The maximum absolute atomic E-state index is 12.1. The molecule has 108 valence electrons. The Kier molecular flexibility index (Phi) is 4.79. The highest BCUT2D eigenvalue weighted by Gasteiger charge is 2.14. The van der Waals surface area contributed by atoms with Gasteiger partial charge in [-0.25, -0.2) is 0 Å². The number of nitro groups is 1. The van der Waals surface area contributed by atoms with Gasteiger partial charge >= 0.3 is 0 Å². The topological polar surface area (TPSA) is 72.2 Å². The highest BCUT2D eigenvalue weighted by Crippen LogP contribution is 2.25. The van der Waals surface area contributed by atoms with Crippen LogP contribution in [0.2, 0.25) is 5.02 Å². The van der Waals surface area contributed by atoms with Crippen molar-refractivity contribution in [3.63, 3.8) is 0 Å². The number of nitro benzene ring substituents is 1. The van der Waals surface area contributed by atoms with Gasteiger partial charge in [0.05, 0.1) is 15.6 Å². The van der Waals surface area contributed by atoms with E-state index in [4.69, 9.17) is 11.6 Å². The van der Waals surface area contributed by atoms with Crippen LogP contribution in [-0.2, 0) is 0 Å². The van der Waals surface area contributed by atoms with E-state index in [9.17, 15) is 14.9 Å². The van der Waals surface area contributed by atoms with Crippen molar-refractivity contribution in [2.75, 3.05) is 5.32 Å². The second-order valence-corrected chi connectivity index (χ2v) is 5.99. The summed E-state index contributed by atoms with van der Waals surface area (Å²) in [5, 5.41) is 13.9. The Labute approximate surface area is 139 Å². The van der Waals surface area contributed by atoms with Gasteiger partial charge in [0.15, 0.2) is 0 Å². The minimum absolute atomic E-state index is 0.0150. The first-order valence-electron chi connectivity index (χ1n) is 5.90. The minimum Gasteiger partial charge on any atom is -0.321 e. The molecule has 2 aromatic rings. The molecule has 0 aliphatic carbocycles. The summed E-state index contributed by atoms with van der Waals surface area (Å²) in [4.78, 5) is 22.4. The summed E-state index contributed by atoms with van der Waals surface area (Å²) in [7, 11) is 0. The molecule has 7 heteroatoms. The number of halogens is 2. The molecule has 0 aliphatic rings. The Hall–Kier alpha value is -1.67. The Morgan fingerprint density at radius 1 is 1.29 bits per heavy atom. The molecule has 0 spiro atoms. The maximum atomic E-state index is 12.1. The smallest absolute Gasteiger partial charge is 0.272 e. The number of aryl methyl sites for hydroxylation is 1. The fourth-order valence-corrected chi connectivity index (χ4v) is 2.69. The van der Waals surface area contributed by atoms with Gasteiger partial charge < -0.3 is 5.32 Å². The number of nitrogens with zero attached hydrogens (tertiary/aromatic N) is 1. The molecule has 0 atom stereocenters. The lowest BCUT2D eigenvalue weighted by Crippen LogP contribution is -2.12. The van der Waals surface area contributed by atoms with Crippen LogP contribution in [0.4, 0.5) is 11.4 Å². The normalized spacial score (nSPS) is 10.2. The van der Waals surface area contributed by atoms with Crippen LogP contribution < -0.4 is 5.32 Å². The van der Waals surface area contributed by atoms with Gasteiger partial charge in [0.2, 0.25) is 0 Å². The molecule has 0 aliphatic heterocycles. The van der Waals surface area contributed by atoms with E-state index in [1.54, 1.807) is 19.1 Å². The van der Waals surface area contributed by atoms with E-state index in [2.05, 4.69) is 27.9 Å². The van der Waals surface area contributed by atoms with Crippen molar-refractivity contribution in [1.29, 1.82) is 0 Å². The molecule has 5 nitrogen and oxygen atoms in total. The number of rotatable bonds is 3. The van der Waals surface area contributed by atoms with Crippen molar-refractivity contribution in [3.8, 4) is 0 Å². The van der Waals surface area contributed by atoms with Crippen LogP contribution in [0.1, 0.15) is 15.9 Å². The Morgan fingerprint density at radius 2 is 2.00 bits per heavy atom. The van der Waals surface area contributed by atoms with Crippen LogP contribution in [0.5, 0.6) is 0 Å². The summed E-state index contributed by atoms with van der Waals surface area (Å²) in [5.41, 5.74) is 1.26. The van der Waals surface area contributed by atoms with Crippen LogP contribution in [-0.4, -0.2) is 10.8 Å². The first kappa shape index (κ1) is 15.7. The molecule has 0 fully saturated rings. The summed E-state index contributed by atoms with van der Waals surface area (Å²) in [5.74, 6) is -0.365. The number of anilines is 1. The molecule has 0 unspecified atom stereocenters. The summed E-state index contributed by atoms with van der Waals surface area (Å²) in [6, 6.07) is 9.48. The second kappa shape index (κ2) is 6.40. The molecule has 0 aromatic heterocycles. The highest BCUT2D eigenvalue weighted by molar-refractivity contribution is 14.1. The zero-order valence-electron chi connectivity index (χ0n) is 10.9. The molecule has 1 N–H and O–H groups in total. The zero-order valence-corrected chi connectivity index (χ0v) is 13.8. The monoisotopic (exact) mass is 416 g/mol. The Bertz CT molecular complexity index is 734. The maximum Gasteiger partial charge on any atom is 0.272 e. The van der Waals surface area contributed by atoms with Gasteiger partial charge in [-0.1, -0.05) is 11.6 Å². The number of nitrogens with one attached hydrogen (secondary N) is 1. The van der Waals surface area contributed by atoms with Crippen molar-refractivity contribution in [2.24, 2.45) is 0 Å². The summed E-state index contributed by atoms with van der Waals surface area (Å²) in [6.45, 7) is 1.59. The Balaban J connectivity index is 2.24. The fraction of sp³-hybridized carbons (Fsp3) is 0.0714. The number of hydrogen-bond acceptors (Lipinski definition) is 3. The van der Waals surface area contributed by atoms with Crippen LogP contribution in [0, 0.1) is 20.6 Å². The predicted molar refractivity (Wildman–Crippen MR) is 90.0 cm³/mol. The summed E-state index contributed by atoms with van der Waals surface area (Å²) < 4.78 is 0.960. The average Bonchev–Trinajstić information content (AvgIpc) is 2.41. The predicted octanol–water partition coefficient (Wildman–Crippen LogP) is 4.41. The zero-order chi connectivity index (χ0) is 15.6. The van der Waals surface area contributed by atoms with Crippen molar-refractivity contribution in [3.05, 3.63) is 66.2 Å².